The summed E-state index contributed by atoms with van der Waals surface area (Å²) in [7, 11) is 0. The Kier molecular flexibility index (Phi) is 2.09. The third-order valence-corrected chi connectivity index (χ3v) is 3.00. The summed E-state index contributed by atoms with van der Waals surface area (Å²) in [5.41, 5.74) is 0.915. The normalized spacial score (nSPS) is 18.9. The quantitative estimate of drug-likeness (QED) is 0.717. The lowest BCUT2D eigenvalue weighted by atomic mass is 10.2. The first-order valence-corrected chi connectivity index (χ1v) is 5.67. The van der Waals surface area contributed by atoms with Crippen molar-refractivity contribution in [2.24, 2.45) is 5.92 Å². The molecular weight excluding hydrogens is 204 g/mol. The molecule has 0 aromatic carbocycles. The summed E-state index contributed by atoms with van der Waals surface area (Å²) in [5, 5.41) is 0. The molecule has 0 spiro atoms. The second kappa shape index (κ2) is 3.47. The lowest BCUT2D eigenvalue weighted by Crippen LogP contribution is -2.39. The zero-order valence-corrected chi connectivity index (χ0v) is 9.27. The fourth-order valence-corrected chi connectivity index (χ4v) is 1.95. The SMILES string of the molecule is Cc1ccc2c(n1)N(C(=O)C1CC1)CCO2. The van der Waals surface area contributed by atoms with Crippen LogP contribution in [0.5, 0.6) is 5.75 Å². The first kappa shape index (κ1) is 9.63. The van der Waals surface area contributed by atoms with Crippen molar-refractivity contribution in [1.29, 1.82) is 0 Å². The third kappa shape index (κ3) is 1.54. The molecule has 1 aliphatic heterocycles. The van der Waals surface area contributed by atoms with Crippen molar-refractivity contribution in [3.8, 4) is 5.75 Å². The highest BCUT2D eigenvalue weighted by molar-refractivity contribution is 5.97. The van der Waals surface area contributed by atoms with Gasteiger partial charge in [-0.3, -0.25) is 9.69 Å². The molecule has 1 amide bonds. The molecule has 84 valence electrons. The zero-order chi connectivity index (χ0) is 11.1. The standard InChI is InChI=1S/C12H14N2O2/c1-8-2-5-10-11(13-8)14(6-7-16-10)12(15)9-3-4-9/h2,5,9H,3-4,6-7H2,1H3. The fraction of sp³-hybridized carbons (Fsp3) is 0.500. The van der Waals surface area contributed by atoms with E-state index in [4.69, 9.17) is 4.74 Å². The average molecular weight is 218 g/mol. The Morgan fingerprint density at radius 2 is 2.31 bits per heavy atom. The molecule has 1 fully saturated rings. The number of hydrogen-bond donors (Lipinski definition) is 0. The molecule has 0 radical (unpaired) electrons. The molecule has 0 bridgehead atoms. The zero-order valence-electron chi connectivity index (χ0n) is 9.27. The maximum atomic E-state index is 12.1. The van der Waals surface area contributed by atoms with Crippen LogP contribution in [0.25, 0.3) is 0 Å². The molecule has 3 rings (SSSR count). The molecule has 1 aromatic heterocycles. The summed E-state index contributed by atoms with van der Waals surface area (Å²) in [5.74, 6) is 1.87. The van der Waals surface area contributed by atoms with Crippen LogP contribution in [0.1, 0.15) is 18.5 Å². The van der Waals surface area contributed by atoms with Crippen LogP contribution < -0.4 is 9.64 Å². The van der Waals surface area contributed by atoms with Crippen molar-refractivity contribution >= 4 is 11.7 Å². The summed E-state index contributed by atoms with van der Waals surface area (Å²) in [6.45, 7) is 3.11. The molecule has 1 aliphatic carbocycles. The fourth-order valence-electron chi connectivity index (χ4n) is 1.95. The van der Waals surface area contributed by atoms with Crippen LogP contribution in [0.15, 0.2) is 12.1 Å². The summed E-state index contributed by atoms with van der Waals surface area (Å²) < 4.78 is 5.50. The predicted octanol–water partition coefficient (Wildman–Crippen LogP) is 1.53. The van der Waals surface area contributed by atoms with E-state index in [1.54, 1.807) is 4.90 Å². The number of carbonyl (C=O) groups excluding carboxylic acids is 1. The van der Waals surface area contributed by atoms with Crippen LogP contribution in [-0.4, -0.2) is 24.0 Å². The van der Waals surface area contributed by atoms with E-state index >= 15 is 0 Å². The molecule has 1 saturated carbocycles. The maximum absolute atomic E-state index is 12.1. The Morgan fingerprint density at radius 1 is 1.50 bits per heavy atom. The van der Waals surface area contributed by atoms with E-state index in [2.05, 4.69) is 4.98 Å². The molecule has 0 saturated heterocycles. The second-order valence-electron chi connectivity index (χ2n) is 4.39. The first-order chi connectivity index (χ1) is 7.75. The maximum Gasteiger partial charge on any atom is 0.231 e. The van der Waals surface area contributed by atoms with E-state index in [9.17, 15) is 4.79 Å². The van der Waals surface area contributed by atoms with E-state index < -0.39 is 0 Å². The summed E-state index contributed by atoms with van der Waals surface area (Å²) in [6.07, 6.45) is 2.05. The molecule has 0 unspecified atom stereocenters. The molecule has 2 heterocycles. The van der Waals surface area contributed by atoms with Crippen LogP contribution in [0.4, 0.5) is 5.82 Å². The van der Waals surface area contributed by atoms with Crippen LogP contribution >= 0.6 is 0 Å². The van der Waals surface area contributed by atoms with Crippen LogP contribution in [0, 0.1) is 12.8 Å². The van der Waals surface area contributed by atoms with E-state index in [1.807, 2.05) is 19.1 Å². The largest absolute Gasteiger partial charge is 0.488 e. The Morgan fingerprint density at radius 3 is 3.06 bits per heavy atom. The topological polar surface area (TPSA) is 42.4 Å². The average Bonchev–Trinajstić information content (AvgIpc) is 3.11. The molecule has 0 atom stereocenters. The number of pyridine rings is 1. The molecule has 2 aliphatic rings. The van der Waals surface area contributed by atoms with Gasteiger partial charge in [0, 0.05) is 11.6 Å². The third-order valence-electron chi connectivity index (χ3n) is 3.00. The van der Waals surface area contributed by atoms with Gasteiger partial charge in [0.05, 0.1) is 6.54 Å². The highest BCUT2D eigenvalue weighted by atomic mass is 16.5. The van der Waals surface area contributed by atoms with E-state index in [-0.39, 0.29) is 11.8 Å². The van der Waals surface area contributed by atoms with Crippen molar-refractivity contribution < 1.29 is 9.53 Å². The van der Waals surface area contributed by atoms with Gasteiger partial charge >= 0.3 is 0 Å². The van der Waals surface area contributed by atoms with Crippen molar-refractivity contribution in [2.75, 3.05) is 18.1 Å². The van der Waals surface area contributed by atoms with Gasteiger partial charge in [0.15, 0.2) is 11.6 Å². The van der Waals surface area contributed by atoms with Gasteiger partial charge in [0.1, 0.15) is 6.61 Å². The van der Waals surface area contributed by atoms with Gasteiger partial charge in [-0.25, -0.2) is 4.98 Å². The molecule has 4 nitrogen and oxygen atoms in total. The van der Waals surface area contributed by atoms with Gasteiger partial charge in [-0.15, -0.1) is 0 Å². The minimum atomic E-state index is 0.211. The number of rotatable bonds is 1. The Hall–Kier alpha value is -1.58. The monoisotopic (exact) mass is 218 g/mol. The number of amides is 1. The highest BCUT2D eigenvalue weighted by Gasteiger charge is 2.36. The van der Waals surface area contributed by atoms with Gasteiger partial charge in [0.2, 0.25) is 5.91 Å². The van der Waals surface area contributed by atoms with E-state index in [0.717, 1.165) is 24.3 Å². The van der Waals surface area contributed by atoms with Gasteiger partial charge in [-0.05, 0) is 31.9 Å². The Labute approximate surface area is 94.2 Å². The molecule has 16 heavy (non-hydrogen) atoms. The number of nitrogens with zero attached hydrogens (tertiary/aromatic N) is 2. The summed E-state index contributed by atoms with van der Waals surface area (Å²) in [4.78, 5) is 18.3. The highest BCUT2D eigenvalue weighted by Crippen LogP contribution is 2.36. The first-order valence-electron chi connectivity index (χ1n) is 5.67. The number of aryl methyl sites for hydroxylation is 1. The molecular formula is C12H14N2O2. The number of anilines is 1. The number of ether oxygens (including phenoxy) is 1. The summed E-state index contributed by atoms with van der Waals surface area (Å²) >= 11 is 0. The van der Waals surface area contributed by atoms with Gasteiger partial charge in [-0.2, -0.15) is 0 Å². The smallest absolute Gasteiger partial charge is 0.231 e. The number of fused-ring (bicyclic) bond motifs is 1. The van der Waals surface area contributed by atoms with Crippen LogP contribution in [0.3, 0.4) is 0 Å². The molecule has 1 aromatic rings. The van der Waals surface area contributed by atoms with Crippen molar-refractivity contribution in [3.63, 3.8) is 0 Å². The van der Waals surface area contributed by atoms with Gasteiger partial charge < -0.3 is 4.74 Å². The predicted molar refractivity (Wildman–Crippen MR) is 59.5 cm³/mol. The number of carbonyl (C=O) groups is 1. The van der Waals surface area contributed by atoms with Gasteiger partial charge in [-0.1, -0.05) is 0 Å². The van der Waals surface area contributed by atoms with Crippen LogP contribution in [0.2, 0.25) is 0 Å². The van der Waals surface area contributed by atoms with Crippen molar-refractivity contribution in [2.45, 2.75) is 19.8 Å². The lowest BCUT2D eigenvalue weighted by molar-refractivity contribution is -0.120. The second-order valence-corrected chi connectivity index (χ2v) is 4.39. The molecule has 4 heteroatoms. The number of hydrogen-bond acceptors (Lipinski definition) is 3. The summed E-state index contributed by atoms with van der Waals surface area (Å²) in [6, 6.07) is 3.80. The van der Waals surface area contributed by atoms with Crippen LogP contribution in [-0.2, 0) is 4.79 Å². The molecule has 0 N–H and O–H groups in total. The van der Waals surface area contributed by atoms with E-state index in [0.29, 0.717) is 19.0 Å². The lowest BCUT2D eigenvalue weighted by Gasteiger charge is -2.28. The Balaban J connectivity index is 1.97. The van der Waals surface area contributed by atoms with Gasteiger partial charge in [0.25, 0.3) is 0 Å². The van der Waals surface area contributed by atoms with E-state index in [1.165, 1.54) is 0 Å². The minimum Gasteiger partial charge on any atom is -0.488 e. The number of aromatic nitrogens is 1. The minimum absolute atomic E-state index is 0.211. The van der Waals surface area contributed by atoms with Crippen molar-refractivity contribution in [1.82, 2.24) is 4.98 Å². The van der Waals surface area contributed by atoms with Crippen molar-refractivity contribution in [3.05, 3.63) is 17.8 Å². The Bertz CT molecular complexity index is 441.